The molecule has 1 atom stereocenters. The zero-order valence-electron chi connectivity index (χ0n) is 6.71. The molecule has 0 amide bonds. The third-order valence-electron chi connectivity index (χ3n) is 2.21. The summed E-state index contributed by atoms with van der Waals surface area (Å²) in [4.78, 5) is 0. The Hall–Kier alpha value is -0.820. The summed E-state index contributed by atoms with van der Waals surface area (Å²) in [5.41, 5.74) is 2.81. The highest BCUT2D eigenvalue weighted by molar-refractivity contribution is 5.30. The molecule has 0 aromatic heterocycles. The molecule has 1 heteroatoms. The van der Waals surface area contributed by atoms with E-state index < -0.39 is 0 Å². The highest BCUT2D eigenvalue weighted by Gasteiger charge is 2.14. The van der Waals surface area contributed by atoms with Crippen LogP contribution in [0.15, 0.2) is 24.3 Å². The van der Waals surface area contributed by atoms with Crippen LogP contribution in [0.3, 0.4) is 0 Å². The number of fused-ring (bicyclic) bond motifs is 1. The maximum Gasteiger partial charge on any atom is 0.0719 e. The number of rotatable bonds is 0. The summed E-state index contributed by atoms with van der Waals surface area (Å²) < 4.78 is 5.41. The molecule has 1 heterocycles. The fraction of sp³-hybridized carbons (Fsp3) is 0.400. The minimum atomic E-state index is 0.569. The first-order valence-corrected chi connectivity index (χ1v) is 4.03. The third kappa shape index (κ3) is 1.16. The average molecular weight is 148 g/mol. The van der Waals surface area contributed by atoms with Crippen molar-refractivity contribution in [3.05, 3.63) is 35.4 Å². The molecule has 1 aromatic rings. The first-order valence-electron chi connectivity index (χ1n) is 4.03. The van der Waals surface area contributed by atoms with E-state index in [1.165, 1.54) is 11.1 Å². The van der Waals surface area contributed by atoms with Gasteiger partial charge in [-0.05, 0) is 11.1 Å². The van der Waals surface area contributed by atoms with Crippen molar-refractivity contribution in [2.45, 2.75) is 19.4 Å². The Balaban J connectivity index is 2.44. The van der Waals surface area contributed by atoms with E-state index in [0.717, 1.165) is 13.2 Å². The van der Waals surface area contributed by atoms with Crippen LogP contribution < -0.4 is 0 Å². The van der Waals surface area contributed by atoms with Crippen molar-refractivity contribution in [2.75, 3.05) is 6.61 Å². The molecule has 0 saturated carbocycles. The largest absolute Gasteiger partial charge is 0.376 e. The zero-order chi connectivity index (χ0) is 7.68. The lowest BCUT2D eigenvalue weighted by Gasteiger charge is -2.21. The van der Waals surface area contributed by atoms with Crippen molar-refractivity contribution >= 4 is 0 Å². The van der Waals surface area contributed by atoms with Crippen molar-refractivity contribution in [3.8, 4) is 0 Å². The van der Waals surface area contributed by atoms with E-state index >= 15 is 0 Å². The quantitative estimate of drug-likeness (QED) is 0.548. The zero-order valence-corrected chi connectivity index (χ0v) is 6.71. The van der Waals surface area contributed by atoms with E-state index in [9.17, 15) is 0 Å². The monoisotopic (exact) mass is 148 g/mol. The Morgan fingerprint density at radius 1 is 1.36 bits per heavy atom. The van der Waals surface area contributed by atoms with Gasteiger partial charge in [0.15, 0.2) is 0 Å². The molecule has 0 unspecified atom stereocenters. The maximum absolute atomic E-state index is 5.41. The molecule has 1 aromatic carbocycles. The molecule has 1 nitrogen and oxygen atoms in total. The lowest BCUT2D eigenvalue weighted by atomic mass is 9.95. The fourth-order valence-electron chi connectivity index (χ4n) is 1.58. The summed E-state index contributed by atoms with van der Waals surface area (Å²) in [6.45, 7) is 3.87. The Kier molecular flexibility index (Phi) is 1.66. The van der Waals surface area contributed by atoms with Gasteiger partial charge in [0.2, 0.25) is 0 Å². The summed E-state index contributed by atoms with van der Waals surface area (Å²) in [7, 11) is 0. The Morgan fingerprint density at radius 3 is 3.00 bits per heavy atom. The second-order valence-electron chi connectivity index (χ2n) is 3.11. The minimum Gasteiger partial charge on any atom is -0.376 e. The van der Waals surface area contributed by atoms with Crippen LogP contribution in [-0.2, 0) is 11.3 Å². The number of hydrogen-bond donors (Lipinski definition) is 0. The van der Waals surface area contributed by atoms with Crippen LogP contribution in [0.5, 0.6) is 0 Å². The Bertz CT molecular complexity index is 255. The van der Waals surface area contributed by atoms with E-state index in [0.29, 0.717) is 5.92 Å². The average Bonchev–Trinajstić information content (AvgIpc) is 2.06. The number of ether oxygens (including phenoxy) is 1. The van der Waals surface area contributed by atoms with Crippen molar-refractivity contribution in [3.63, 3.8) is 0 Å². The first kappa shape index (κ1) is 6.86. The molecule has 0 radical (unpaired) electrons. The van der Waals surface area contributed by atoms with Gasteiger partial charge in [-0.25, -0.2) is 0 Å². The predicted molar refractivity (Wildman–Crippen MR) is 44.5 cm³/mol. The highest BCUT2D eigenvalue weighted by atomic mass is 16.5. The van der Waals surface area contributed by atoms with Crippen molar-refractivity contribution < 1.29 is 4.74 Å². The standard InChI is InChI=1S/C10H12O/c1-8-6-11-7-9-4-2-3-5-10(8)9/h2-5,8H,6-7H2,1H3/t8-/m0/s1. The van der Waals surface area contributed by atoms with Gasteiger partial charge in [-0.3, -0.25) is 0 Å². The van der Waals surface area contributed by atoms with Gasteiger partial charge in [0.05, 0.1) is 13.2 Å². The van der Waals surface area contributed by atoms with Crippen molar-refractivity contribution in [1.82, 2.24) is 0 Å². The first-order chi connectivity index (χ1) is 5.38. The second-order valence-corrected chi connectivity index (χ2v) is 3.11. The van der Waals surface area contributed by atoms with E-state index in [1.807, 2.05) is 0 Å². The van der Waals surface area contributed by atoms with Gasteiger partial charge in [-0.15, -0.1) is 0 Å². The molecule has 0 N–H and O–H groups in total. The molecule has 58 valence electrons. The summed E-state index contributed by atoms with van der Waals surface area (Å²) in [6.07, 6.45) is 0. The molecule has 0 bridgehead atoms. The van der Waals surface area contributed by atoms with E-state index in [2.05, 4.69) is 31.2 Å². The lowest BCUT2D eigenvalue weighted by molar-refractivity contribution is 0.0951. The Labute approximate surface area is 67.0 Å². The summed E-state index contributed by atoms with van der Waals surface area (Å²) in [5.74, 6) is 0.569. The topological polar surface area (TPSA) is 9.23 Å². The molecular weight excluding hydrogens is 136 g/mol. The summed E-state index contributed by atoms with van der Waals surface area (Å²) >= 11 is 0. The van der Waals surface area contributed by atoms with Gasteiger partial charge in [0, 0.05) is 5.92 Å². The molecule has 0 spiro atoms. The van der Waals surface area contributed by atoms with Crippen LogP contribution in [0, 0.1) is 0 Å². The van der Waals surface area contributed by atoms with Crippen LogP contribution in [0.25, 0.3) is 0 Å². The van der Waals surface area contributed by atoms with E-state index in [4.69, 9.17) is 4.74 Å². The van der Waals surface area contributed by atoms with Gasteiger partial charge < -0.3 is 4.74 Å². The van der Waals surface area contributed by atoms with Gasteiger partial charge in [-0.2, -0.15) is 0 Å². The van der Waals surface area contributed by atoms with Gasteiger partial charge in [0.25, 0.3) is 0 Å². The fourth-order valence-corrected chi connectivity index (χ4v) is 1.58. The molecule has 11 heavy (non-hydrogen) atoms. The van der Waals surface area contributed by atoms with E-state index in [1.54, 1.807) is 0 Å². The third-order valence-corrected chi connectivity index (χ3v) is 2.21. The molecule has 1 aliphatic rings. The highest BCUT2D eigenvalue weighted by Crippen LogP contribution is 2.25. The van der Waals surface area contributed by atoms with Gasteiger partial charge >= 0.3 is 0 Å². The molecule has 0 aliphatic carbocycles. The van der Waals surface area contributed by atoms with E-state index in [-0.39, 0.29) is 0 Å². The molecule has 1 aliphatic heterocycles. The molecule has 0 saturated heterocycles. The molecule has 0 fully saturated rings. The predicted octanol–water partition coefficient (Wildman–Crippen LogP) is 2.32. The van der Waals surface area contributed by atoms with Crippen molar-refractivity contribution in [1.29, 1.82) is 0 Å². The summed E-state index contributed by atoms with van der Waals surface area (Å²) in [6, 6.07) is 8.51. The van der Waals surface area contributed by atoms with Crippen LogP contribution in [-0.4, -0.2) is 6.61 Å². The van der Waals surface area contributed by atoms with Gasteiger partial charge in [0.1, 0.15) is 0 Å². The number of hydrogen-bond acceptors (Lipinski definition) is 1. The smallest absolute Gasteiger partial charge is 0.0719 e. The normalized spacial score (nSPS) is 22.8. The lowest BCUT2D eigenvalue weighted by Crippen LogP contribution is -2.13. The maximum atomic E-state index is 5.41. The van der Waals surface area contributed by atoms with Gasteiger partial charge in [-0.1, -0.05) is 31.2 Å². The SMILES string of the molecule is C[C@H]1COCc2ccccc21. The summed E-state index contributed by atoms with van der Waals surface area (Å²) in [5, 5.41) is 0. The second kappa shape index (κ2) is 2.67. The molecule has 2 rings (SSSR count). The number of benzene rings is 1. The van der Waals surface area contributed by atoms with Crippen LogP contribution in [0.4, 0.5) is 0 Å². The van der Waals surface area contributed by atoms with Crippen LogP contribution in [0.2, 0.25) is 0 Å². The Morgan fingerprint density at radius 2 is 2.18 bits per heavy atom. The van der Waals surface area contributed by atoms with Crippen LogP contribution in [0.1, 0.15) is 24.0 Å². The minimum absolute atomic E-state index is 0.569. The molecular formula is C10H12O. The van der Waals surface area contributed by atoms with Crippen LogP contribution >= 0.6 is 0 Å². The van der Waals surface area contributed by atoms with Crippen molar-refractivity contribution in [2.24, 2.45) is 0 Å².